The molecule has 1 heterocycles. The molecule has 0 amide bonds. The molecule has 4 aromatic rings. The van der Waals surface area contributed by atoms with Crippen molar-refractivity contribution in [2.75, 3.05) is 6.54 Å². The minimum absolute atomic E-state index is 0.170. The molecule has 1 N–H and O–H groups in total. The first-order chi connectivity index (χ1) is 20.0. The zero-order valence-electron chi connectivity index (χ0n) is 25.4. The highest BCUT2D eigenvalue weighted by atomic mass is 16.3. The number of aromatic nitrogens is 2. The molecule has 216 valence electrons. The van der Waals surface area contributed by atoms with Gasteiger partial charge in [0.1, 0.15) is 11.6 Å². The number of aromatic hydroxyl groups is 1. The average Bonchev–Trinajstić information content (AvgIpc) is 3.39. The smallest absolute Gasteiger partial charge is 0.140 e. The highest BCUT2D eigenvalue weighted by Gasteiger charge is 2.29. The summed E-state index contributed by atoms with van der Waals surface area (Å²) in [5, 5.41) is 10.5. The SMILES string of the molecule is CCCCn1c(-c2ccccc2)nc(-c2ccccc2)c1C(C)N(Cc1cc(C)c(O)c(C)c1)CC1CCCCC1. The van der Waals surface area contributed by atoms with E-state index in [9.17, 15) is 5.11 Å². The van der Waals surface area contributed by atoms with Gasteiger partial charge >= 0.3 is 0 Å². The van der Waals surface area contributed by atoms with Crippen LogP contribution in [0.25, 0.3) is 22.6 Å². The van der Waals surface area contributed by atoms with E-state index in [1.165, 1.54) is 54.5 Å². The van der Waals surface area contributed by atoms with E-state index in [2.05, 4.69) is 96.1 Å². The average molecular weight is 550 g/mol. The molecule has 1 atom stereocenters. The number of nitrogens with zero attached hydrogens (tertiary/aromatic N) is 3. The molecule has 1 aliphatic rings. The number of imidazole rings is 1. The lowest BCUT2D eigenvalue weighted by Crippen LogP contribution is -2.34. The van der Waals surface area contributed by atoms with Crippen LogP contribution in [-0.2, 0) is 13.1 Å². The molecule has 4 nitrogen and oxygen atoms in total. The Kier molecular flexibility index (Phi) is 9.61. The van der Waals surface area contributed by atoms with E-state index in [1.807, 2.05) is 13.8 Å². The predicted octanol–water partition coefficient (Wildman–Crippen LogP) is 9.48. The maximum Gasteiger partial charge on any atom is 0.140 e. The van der Waals surface area contributed by atoms with Gasteiger partial charge in [0.05, 0.1) is 11.4 Å². The van der Waals surface area contributed by atoms with Gasteiger partial charge in [0.2, 0.25) is 0 Å². The van der Waals surface area contributed by atoms with E-state index in [4.69, 9.17) is 4.98 Å². The van der Waals surface area contributed by atoms with E-state index in [1.54, 1.807) is 0 Å². The zero-order chi connectivity index (χ0) is 28.8. The van der Waals surface area contributed by atoms with E-state index in [0.717, 1.165) is 55.1 Å². The van der Waals surface area contributed by atoms with Gasteiger partial charge in [-0.3, -0.25) is 4.90 Å². The van der Waals surface area contributed by atoms with E-state index < -0.39 is 0 Å². The Morgan fingerprint density at radius 2 is 1.51 bits per heavy atom. The third-order valence-electron chi connectivity index (χ3n) is 8.92. The van der Waals surface area contributed by atoms with Crippen molar-refractivity contribution in [2.45, 2.75) is 91.8 Å². The molecule has 0 saturated heterocycles. The zero-order valence-corrected chi connectivity index (χ0v) is 25.4. The number of phenolic OH excluding ortho intramolecular Hbond substituents is 1. The van der Waals surface area contributed by atoms with E-state index in [-0.39, 0.29) is 6.04 Å². The van der Waals surface area contributed by atoms with Crippen molar-refractivity contribution in [1.82, 2.24) is 14.5 Å². The lowest BCUT2D eigenvalue weighted by molar-refractivity contribution is 0.145. The van der Waals surface area contributed by atoms with Gasteiger partial charge in [0, 0.05) is 36.8 Å². The lowest BCUT2D eigenvalue weighted by Gasteiger charge is -2.35. The third-order valence-corrected chi connectivity index (χ3v) is 8.92. The summed E-state index contributed by atoms with van der Waals surface area (Å²) in [5.41, 5.74) is 7.93. The number of aryl methyl sites for hydroxylation is 2. The predicted molar refractivity (Wildman–Crippen MR) is 171 cm³/mol. The number of hydrogen-bond acceptors (Lipinski definition) is 3. The van der Waals surface area contributed by atoms with Gasteiger partial charge in [-0.2, -0.15) is 0 Å². The van der Waals surface area contributed by atoms with Gasteiger partial charge in [0.25, 0.3) is 0 Å². The highest BCUT2D eigenvalue weighted by molar-refractivity contribution is 5.69. The molecule has 1 aromatic heterocycles. The lowest BCUT2D eigenvalue weighted by atomic mass is 9.88. The van der Waals surface area contributed by atoms with Crippen molar-refractivity contribution in [3.63, 3.8) is 0 Å². The molecule has 0 bridgehead atoms. The summed E-state index contributed by atoms with van der Waals surface area (Å²) < 4.78 is 2.52. The fourth-order valence-electron chi connectivity index (χ4n) is 6.65. The highest BCUT2D eigenvalue weighted by Crippen LogP contribution is 2.38. The molecule has 41 heavy (non-hydrogen) atoms. The minimum atomic E-state index is 0.170. The van der Waals surface area contributed by atoms with Crippen molar-refractivity contribution in [1.29, 1.82) is 0 Å². The first-order valence-corrected chi connectivity index (χ1v) is 15.7. The molecule has 0 radical (unpaired) electrons. The molecule has 4 heteroatoms. The number of hydrogen-bond donors (Lipinski definition) is 1. The second-order valence-corrected chi connectivity index (χ2v) is 12.1. The van der Waals surface area contributed by atoms with Gasteiger partial charge in [-0.25, -0.2) is 4.98 Å². The number of phenols is 1. The monoisotopic (exact) mass is 549 g/mol. The Morgan fingerprint density at radius 3 is 2.12 bits per heavy atom. The molecule has 0 aliphatic heterocycles. The van der Waals surface area contributed by atoms with Crippen LogP contribution >= 0.6 is 0 Å². The summed E-state index contributed by atoms with van der Waals surface area (Å²) in [6, 6.07) is 25.9. The molecule has 1 fully saturated rings. The largest absolute Gasteiger partial charge is 0.507 e. The van der Waals surface area contributed by atoms with E-state index >= 15 is 0 Å². The quantitative estimate of drug-likeness (QED) is 0.203. The second kappa shape index (κ2) is 13.5. The van der Waals surface area contributed by atoms with Crippen molar-refractivity contribution < 1.29 is 5.11 Å². The molecule has 1 aliphatic carbocycles. The maximum atomic E-state index is 10.5. The molecular weight excluding hydrogens is 502 g/mol. The van der Waals surface area contributed by atoms with E-state index in [0.29, 0.717) is 11.7 Å². The Labute approximate surface area is 247 Å². The number of benzene rings is 3. The summed E-state index contributed by atoms with van der Waals surface area (Å²) >= 11 is 0. The second-order valence-electron chi connectivity index (χ2n) is 12.1. The van der Waals surface area contributed by atoms with Crippen molar-refractivity contribution in [3.8, 4) is 28.4 Å². The number of unbranched alkanes of at least 4 members (excludes halogenated alkanes) is 1. The summed E-state index contributed by atoms with van der Waals surface area (Å²) in [6.07, 6.45) is 8.92. The molecular formula is C37H47N3O. The number of rotatable bonds is 11. The van der Waals surface area contributed by atoms with Crippen molar-refractivity contribution in [2.24, 2.45) is 5.92 Å². The van der Waals surface area contributed by atoms with Crippen LogP contribution in [0.4, 0.5) is 0 Å². The first-order valence-electron chi connectivity index (χ1n) is 15.7. The Bertz CT molecular complexity index is 1380. The van der Waals surface area contributed by atoms with Crippen LogP contribution < -0.4 is 0 Å². The van der Waals surface area contributed by atoms with Gasteiger partial charge in [-0.05, 0) is 62.6 Å². The minimum Gasteiger partial charge on any atom is -0.507 e. The van der Waals surface area contributed by atoms with Crippen LogP contribution in [0.1, 0.15) is 87.2 Å². The van der Waals surface area contributed by atoms with Gasteiger partial charge in [-0.15, -0.1) is 0 Å². The van der Waals surface area contributed by atoms with Gasteiger partial charge < -0.3 is 9.67 Å². The standard InChI is InChI=1S/C37H47N3O/c1-5-6-22-40-35(34(32-18-12-8-13-19-32)38-37(40)33-20-14-9-15-21-33)29(4)39(25-30-16-10-7-11-17-30)26-31-23-27(2)36(41)28(3)24-31/h8-9,12-15,18-21,23-24,29-30,41H,5-7,10-11,16-17,22,25-26H2,1-4H3. The summed E-state index contributed by atoms with van der Waals surface area (Å²) in [5.74, 6) is 2.19. The van der Waals surface area contributed by atoms with Gasteiger partial charge in [-0.1, -0.05) is 105 Å². The molecule has 1 saturated carbocycles. The molecule has 3 aromatic carbocycles. The summed E-state index contributed by atoms with van der Waals surface area (Å²) in [7, 11) is 0. The Hall–Kier alpha value is -3.37. The van der Waals surface area contributed by atoms with Crippen LogP contribution in [0.3, 0.4) is 0 Å². The topological polar surface area (TPSA) is 41.3 Å². The van der Waals surface area contributed by atoms with Gasteiger partial charge in [0.15, 0.2) is 0 Å². The summed E-state index contributed by atoms with van der Waals surface area (Å²) in [4.78, 5) is 8.10. The van der Waals surface area contributed by atoms with Crippen LogP contribution in [0.15, 0.2) is 72.8 Å². The van der Waals surface area contributed by atoms with Crippen LogP contribution in [0.2, 0.25) is 0 Å². The first kappa shape index (κ1) is 29.1. The molecule has 5 rings (SSSR count). The molecule has 0 spiro atoms. The normalized spacial score (nSPS) is 15.0. The Balaban J connectivity index is 1.63. The van der Waals surface area contributed by atoms with Crippen LogP contribution in [0, 0.1) is 19.8 Å². The Morgan fingerprint density at radius 1 is 0.902 bits per heavy atom. The molecule has 1 unspecified atom stereocenters. The third kappa shape index (κ3) is 6.76. The summed E-state index contributed by atoms with van der Waals surface area (Å²) in [6.45, 7) is 11.6. The fourth-order valence-corrected chi connectivity index (χ4v) is 6.65. The van der Waals surface area contributed by atoms with Crippen LogP contribution in [-0.4, -0.2) is 26.1 Å². The fraction of sp³-hybridized carbons (Fsp3) is 0.432. The van der Waals surface area contributed by atoms with Crippen molar-refractivity contribution >= 4 is 0 Å². The van der Waals surface area contributed by atoms with Crippen LogP contribution in [0.5, 0.6) is 5.75 Å². The van der Waals surface area contributed by atoms with Crippen molar-refractivity contribution in [3.05, 3.63) is 95.2 Å². The maximum absolute atomic E-state index is 10.5.